The molecule has 2 atom stereocenters. The lowest BCUT2D eigenvalue weighted by atomic mass is 10.1. The maximum Gasteiger partial charge on any atom is 0.408 e. The molecule has 2 aliphatic rings. The number of likely N-dealkylation sites (tertiary alicyclic amines) is 2. The second kappa shape index (κ2) is 11.6. The zero-order valence-electron chi connectivity index (χ0n) is 22.0. The Kier molecular flexibility index (Phi) is 8.61. The van der Waals surface area contributed by atoms with Gasteiger partial charge in [0, 0.05) is 49.9 Å². The van der Waals surface area contributed by atoms with Crippen LogP contribution >= 0.6 is 11.3 Å². The Morgan fingerprint density at radius 1 is 1.23 bits per heavy atom. The Hall–Kier alpha value is -3.36. The van der Waals surface area contributed by atoms with Crippen molar-refractivity contribution >= 4 is 34.9 Å². The number of anilines is 1. The van der Waals surface area contributed by atoms with Gasteiger partial charge in [0.1, 0.15) is 17.6 Å². The number of carbonyl (C=O) groups excluding carboxylic acids is 3. The molecule has 0 saturated carbocycles. The van der Waals surface area contributed by atoms with E-state index in [1.54, 1.807) is 4.90 Å². The normalized spacial score (nSPS) is 18.6. The Morgan fingerprint density at radius 2 is 1.93 bits per heavy atom. The number of carbonyl (C=O) groups is 3. The molecule has 4 heterocycles. The third-order valence-electron chi connectivity index (χ3n) is 7.04. The van der Waals surface area contributed by atoms with E-state index < -0.39 is 41.8 Å². The number of alkyl halides is 5. The lowest BCUT2D eigenvalue weighted by Gasteiger charge is -2.38. The third kappa shape index (κ3) is 6.18. The molecule has 15 heteroatoms. The summed E-state index contributed by atoms with van der Waals surface area (Å²) in [5.74, 6) is -1.70. The SMILES string of the molecule is CCC(Nc1cc(C(F)F)c(-c2sc(C(=O)NC3CN(C(C)=O)C3)nc2C(=O)N2CCC[C@@H]2C)cn1)C(F)(F)F. The molecule has 1 unspecified atom stereocenters. The van der Waals surface area contributed by atoms with Crippen LogP contribution in [0.25, 0.3) is 10.4 Å². The number of rotatable bonds is 8. The molecule has 0 radical (unpaired) electrons. The van der Waals surface area contributed by atoms with E-state index in [1.165, 1.54) is 18.7 Å². The second-order valence-electron chi connectivity index (χ2n) is 9.89. The summed E-state index contributed by atoms with van der Waals surface area (Å²) >= 11 is 0.728. The number of thiazole rings is 1. The summed E-state index contributed by atoms with van der Waals surface area (Å²) in [6.45, 7) is 5.60. The van der Waals surface area contributed by atoms with Crippen LogP contribution in [0.4, 0.5) is 27.8 Å². The number of nitrogens with zero attached hydrogens (tertiary/aromatic N) is 4. The number of halogens is 5. The van der Waals surface area contributed by atoms with Gasteiger partial charge in [-0.05, 0) is 32.3 Å². The molecular weight excluding hydrogens is 559 g/mol. The Labute approximate surface area is 231 Å². The first-order valence-electron chi connectivity index (χ1n) is 12.8. The van der Waals surface area contributed by atoms with Gasteiger partial charge in [-0.2, -0.15) is 13.2 Å². The Bertz CT molecular complexity index is 1280. The summed E-state index contributed by atoms with van der Waals surface area (Å²) in [4.78, 5) is 49.1. The zero-order chi connectivity index (χ0) is 29.4. The molecule has 2 aromatic heterocycles. The van der Waals surface area contributed by atoms with Gasteiger partial charge in [-0.25, -0.2) is 18.7 Å². The molecule has 2 aromatic rings. The molecule has 218 valence electrons. The second-order valence-corrected chi connectivity index (χ2v) is 10.9. The van der Waals surface area contributed by atoms with Crippen molar-refractivity contribution in [2.45, 2.75) is 70.8 Å². The average Bonchev–Trinajstić information content (AvgIpc) is 3.49. The van der Waals surface area contributed by atoms with E-state index in [0.717, 1.165) is 36.4 Å². The van der Waals surface area contributed by atoms with E-state index in [0.29, 0.717) is 19.6 Å². The predicted octanol–water partition coefficient (Wildman–Crippen LogP) is 4.48. The number of hydrogen-bond donors (Lipinski definition) is 2. The number of aromatic nitrogens is 2. The fourth-order valence-electron chi connectivity index (χ4n) is 4.70. The van der Waals surface area contributed by atoms with Gasteiger partial charge in [0.15, 0.2) is 5.01 Å². The molecule has 9 nitrogen and oxygen atoms in total. The number of pyridine rings is 1. The highest BCUT2D eigenvalue weighted by Gasteiger charge is 2.39. The first-order chi connectivity index (χ1) is 18.8. The highest BCUT2D eigenvalue weighted by atomic mass is 32.1. The monoisotopic (exact) mass is 588 g/mol. The van der Waals surface area contributed by atoms with Crippen LogP contribution in [0.2, 0.25) is 0 Å². The number of amides is 3. The summed E-state index contributed by atoms with van der Waals surface area (Å²) in [5, 5.41) is 4.73. The fourth-order valence-corrected chi connectivity index (χ4v) is 5.70. The van der Waals surface area contributed by atoms with Gasteiger partial charge in [0.05, 0.1) is 10.9 Å². The quantitative estimate of drug-likeness (QED) is 0.441. The first-order valence-corrected chi connectivity index (χ1v) is 13.6. The van der Waals surface area contributed by atoms with Crippen molar-refractivity contribution in [3.63, 3.8) is 0 Å². The van der Waals surface area contributed by atoms with Crippen LogP contribution in [-0.4, -0.2) is 81.4 Å². The fraction of sp³-hybridized carbons (Fsp3) is 0.560. The van der Waals surface area contributed by atoms with E-state index in [-0.39, 0.29) is 45.6 Å². The minimum absolute atomic E-state index is 0.0227. The molecule has 2 saturated heterocycles. The average molecular weight is 589 g/mol. The highest BCUT2D eigenvalue weighted by Crippen LogP contribution is 2.39. The third-order valence-corrected chi connectivity index (χ3v) is 8.13. The Morgan fingerprint density at radius 3 is 2.48 bits per heavy atom. The molecule has 2 N–H and O–H groups in total. The van der Waals surface area contributed by atoms with Crippen LogP contribution in [-0.2, 0) is 4.79 Å². The molecule has 4 rings (SSSR count). The molecule has 0 aliphatic carbocycles. The summed E-state index contributed by atoms with van der Waals surface area (Å²) < 4.78 is 68.2. The zero-order valence-corrected chi connectivity index (χ0v) is 22.8. The summed E-state index contributed by atoms with van der Waals surface area (Å²) in [6, 6.07) is -1.62. The van der Waals surface area contributed by atoms with Crippen LogP contribution in [0.15, 0.2) is 12.3 Å². The molecule has 2 aliphatic heterocycles. The molecule has 40 heavy (non-hydrogen) atoms. The number of nitrogens with one attached hydrogen (secondary N) is 2. The van der Waals surface area contributed by atoms with Crippen molar-refractivity contribution in [3.8, 4) is 10.4 Å². The van der Waals surface area contributed by atoms with Gasteiger partial charge in [-0.1, -0.05) is 6.92 Å². The molecule has 2 fully saturated rings. The van der Waals surface area contributed by atoms with Crippen LogP contribution in [0, 0.1) is 0 Å². The van der Waals surface area contributed by atoms with Crippen LogP contribution in [0.1, 0.15) is 72.3 Å². The minimum Gasteiger partial charge on any atom is -0.359 e. The maximum absolute atomic E-state index is 14.2. The molecule has 0 aromatic carbocycles. The van der Waals surface area contributed by atoms with Crippen molar-refractivity contribution < 1.29 is 36.3 Å². The Balaban J connectivity index is 1.70. The van der Waals surface area contributed by atoms with Crippen molar-refractivity contribution in [2.24, 2.45) is 0 Å². The van der Waals surface area contributed by atoms with Gasteiger partial charge in [-0.15, -0.1) is 11.3 Å². The smallest absolute Gasteiger partial charge is 0.359 e. The van der Waals surface area contributed by atoms with Gasteiger partial charge in [-0.3, -0.25) is 14.4 Å². The largest absolute Gasteiger partial charge is 0.408 e. The molecule has 0 bridgehead atoms. The van der Waals surface area contributed by atoms with Crippen LogP contribution in [0.3, 0.4) is 0 Å². The van der Waals surface area contributed by atoms with Crippen molar-refractivity contribution in [2.75, 3.05) is 25.0 Å². The van der Waals surface area contributed by atoms with E-state index >= 15 is 0 Å². The summed E-state index contributed by atoms with van der Waals surface area (Å²) in [5.41, 5.74) is -1.04. The van der Waals surface area contributed by atoms with Gasteiger partial charge in [0.25, 0.3) is 18.2 Å². The van der Waals surface area contributed by atoms with Crippen molar-refractivity contribution in [3.05, 3.63) is 28.5 Å². The van der Waals surface area contributed by atoms with E-state index in [4.69, 9.17) is 0 Å². The van der Waals surface area contributed by atoms with E-state index in [1.807, 2.05) is 6.92 Å². The molecule has 3 amide bonds. The standard InChI is InChI=1S/C25H29F5N6O3S/c1-4-17(25(28,29)30)33-18-8-15(21(26)27)16(9-31-18)20-19(24(39)36-7-5-6-12(36)2)34-23(40-20)22(38)32-14-10-35(11-14)13(3)37/h8-9,12,14,17,21H,4-7,10-11H2,1-3H3,(H,31,33)(H,32,38)/t12-,17?/m0/s1. The van der Waals surface area contributed by atoms with E-state index in [2.05, 4.69) is 20.6 Å². The van der Waals surface area contributed by atoms with Crippen molar-refractivity contribution in [1.29, 1.82) is 0 Å². The first kappa shape index (κ1) is 29.6. The molecule has 0 spiro atoms. The summed E-state index contributed by atoms with van der Waals surface area (Å²) in [7, 11) is 0. The predicted molar refractivity (Wildman–Crippen MR) is 137 cm³/mol. The maximum atomic E-state index is 14.2. The van der Waals surface area contributed by atoms with Gasteiger partial charge >= 0.3 is 6.18 Å². The van der Waals surface area contributed by atoms with Crippen LogP contribution in [0.5, 0.6) is 0 Å². The number of hydrogen-bond acceptors (Lipinski definition) is 7. The van der Waals surface area contributed by atoms with Gasteiger partial charge in [0.2, 0.25) is 5.91 Å². The lowest BCUT2D eigenvalue weighted by molar-refractivity contribution is -0.143. The van der Waals surface area contributed by atoms with E-state index in [9.17, 15) is 36.3 Å². The van der Waals surface area contributed by atoms with Crippen molar-refractivity contribution in [1.82, 2.24) is 25.1 Å². The molecular formula is C25H29F5N6O3S. The lowest BCUT2D eigenvalue weighted by Crippen LogP contribution is -2.60. The minimum atomic E-state index is -4.62. The highest BCUT2D eigenvalue weighted by molar-refractivity contribution is 7.17. The summed E-state index contributed by atoms with van der Waals surface area (Å²) in [6.07, 6.45) is -5.62. The van der Waals surface area contributed by atoms with Crippen LogP contribution < -0.4 is 10.6 Å². The topological polar surface area (TPSA) is 108 Å². The van der Waals surface area contributed by atoms with Gasteiger partial charge < -0.3 is 20.4 Å².